The normalized spacial score (nSPS) is 31.5. The number of benzene rings is 1. The first-order valence-electron chi connectivity index (χ1n) is 11.8. The lowest BCUT2D eigenvalue weighted by atomic mass is 9.79. The lowest BCUT2D eigenvalue weighted by Gasteiger charge is -2.44. The van der Waals surface area contributed by atoms with Crippen LogP contribution in [0.5, 0.6) is 0 Å². The van der Waals surface area contributed by atoms with Gasteiger partial charge in [-0.15, -0.1) is 23.5 Å². The average Bonchev–Trinajstić information content (AvgIpc) is 3.28. The fourth-order valence-electron chi connectivity index (χ4n) is 6.43. The lowest BCUT2D eigenvalue weighted by Crippen LogP contribution is -2.46. The van der Waals surface area contributed by atoms with Gasteiger partial charge in [-0.3, -0.25) is 4.79 Å². The van der Waals surface area contributed by atoms with Gasteiger partial charge in [-0.05, 0) is 81.6 Å². The number of carbonyl (C=O) groups excluding carboxylic acids is 1. The van der Waals surface area contributed by atoms with Crippen molar-refractivity contribution in [2.45, 2.75) is 62.4 Å². The van der Waals surface area contributed by atoms with E-state index in [1.807, 2.05) is 0 Å². The van der Waals surface area contributed by atoms with Crippen LogP contribution in [-0.4, -0.2) is 39.5 Å². The van der Waals surface area contributed by atoms with Crippen LogP contribution in [0.25, 0.3) is 0 Å². The molecule has 2 aliphatic heterocycles. The molecule has 0 radical (unpaired) electrons. The molecule has 2 atom stereocenters. The molecule has 2 heterocycles. The van der Waals surface area contributed by atoms with Crippen LogP contribution >= 0.6 is 23.5 Å². The van der Waals surface area contributed by atoms with Gasteiger partial charge < -0.3 is 4.90 Å². The van der Waals surface area contributed by atoms with Crippen LogP contribution in [0.15, 0.2) is 24.3 Å². The number of aryl methyl sites for hydroxylation is 2. The minimum Gasteiger partial charge on any atom is -0.342 e. The fraction of sp³-hybridized carbons (Fsp3) is 0.720. The first kappa shape index (κ1) is 20.3. The summed E-state index contributed by atoms with van der Waals surface area (Å²) in [5, 5.41) is 0. The molecular weight excluding hydrogens is 394 g/mol. The van der Waals surface area contributed by atoms with Crippen LogP contribution in [-0.2, 0) is 11.2 Å². The smallest absolute Gasteiger partial charge is 0.225 e. The molecule has 4 aliphatic rings. The first-order valence-corrected chi connectivity index (χ1v) is 13.7. The molecule has 1 amide bonds. The summed E-state index contributed by atoms with van der Waals surface area (Å²) in [6, 6.07) is 9.00. The molecule has 4 heteroatoms. The van der Waals surface area contributed by atoms with E-state index in [0.717, 1.165) is 30.8 Å². The molecule has 2 aliphatic carbocycles. The highest BCUT2D eigenvalue weighted by Gasteiger charge is 2.57. The van der Waals surface area contributed by atoms with Gasteiger partial charge in [0.05, 0.1) is 4.08 Å². The predicted molar refractivity (Wildman–Crippen MR) is 125 cm³/mol. The zero-order valence-electron chi connectivity index (χ0n) is 17.8. The predicted octanol–water partition coefficient (Wildman–Crippen LogP) is 5.78. The molecule has 2 saturated carbocycles. The van der Waals surface area contributed by atoms with Gasteiger partial charge in [0, 0.05) is 30.5 Å². The number of amides is 1. The summed E-state index contributed by atoms with van der Waals surface area (Å²) in [6.45, 7) is 4.15. The SMILES string of the molecule is Cc1ccc(CCC2CCN(C(=O)C3CC4CCC(C3)C43SCCS3)CC2)cc1. The molecule has 0 N–H and O–H groups in total. The Labute approximate surface area is 185 Å². The molecule has 2 saturated heterocycles. The first-order chi connectivity index (χ1) is 14.1. The Morgan fingerprint density at radius 1 is 1.00 bits per heavy atom. The second kappa shape index (κ2) is 8.49. The maximum Gasteiger partial charge on any atom is 0.225 e. The van der Waals surface area contributed by atoms with Gasteiger partial charge in [0.25, 0.3) is 0 Å². The molecule has 158 valence electrons. The molecule has 1 spiro atoms. The van der Waals surface area contributed by atoms with Crippen LogP contribution in [0.1, 0.15) is 56.1 Å². The maximum absolute atomic E-state index is 13.3. The Morgan fingerprint density at radius 3 is 2.24 bits per heavy atom. The molecule has 2 nitrogen and oxygen atoms in total. The molecule has 1 aromatic carbocycles. The molecular formula is C25H35NOS2. The summed E-state index contributed by atoms with van der Waals surface area (Å²) in [5.74, 6) is 5.85. The second-order valence-electron chi connectivity index (χ2n) is 9.85. The van der Waals surface area contributed by atoms with Crippen LogP contribution in [0.4, 0.5) is 0 Å². The van der Waals surface area contributed by atoms with E-state index in [1.165, 1.54) is 74.0 Å². The summed E-state index contributed by atoms with van der Waals surface area (Å²) >= 11 is 4.47. The lowest BCUT2D eigenvalue weighted by molar-refractivity contribution is -0.138. The van der Waals surface area contributed by atoms with Crippen molar-refractivity contribution in [1.29, 1.82) is 0 Å². The Morgan fingerprint density at radius 2 is 1.62 bits per heavy atom. The Kier molecular flexibility index (Phi) is 5.95. The summed E-state index contributed by atoms with van der Waals surface area (Å²) in [5.41, 5.74) is 2.80. The highest BCUT2D eigenvalue weighted by Crippen LogP contribution is 2.66. The van der Waals surface area contributed by atoms with E-state index >= 15 is 0 Å². The van der Waals surface area contributed by atoms with Gasteiger partial charge in [-0.25, -0.2) is 0 Å². The third-order valence-electron chi connectivity index (χ3n) is 8.12. The summed E-state index contributed by atoms with van der Waals surface area (Å²) in [7, 11) is 0. The van der Waals surface area contributed by atoms with E-state index in [-0.39, 0.29) is 0 Å². The van der Waals surface area contributed by atoms with Crippen molar-refractivity contribution in [3.8, 4) is 0 Å². The number of hydrogen-bond acceptors (Lipinski definition) is 3. The largest absolute Gasteiger partial charge is 0.342 e. The van der Waals surface area contributed by atoms with Gasteiger partial charge in [0.1, 0.15) is 0 Å². The van der Waals surface area contributed by atoms with E-state index in [2.05, 4.69) is 59.6 Å². The minimum atomic E-state index is 0.323. The Balaban J connectivity index is 1.11. The van der Waals surface area contributed by atoms with E-state index in [0.29, 0.717) is 15.9 Å². The number of nitrogens with zero attached hydrogens (tertiary/aromatic N) is 1. The molecule has 2 bridgehead atoms. The van der Waals surface area contributed by atoms with E-state index in [1.54, 1.807) is 0 Å². The molecule has 1 aromatic rings. The van der Waals surface area contributed by atoms with Crippen molar-refractivity contribution in [1.82, 2.24) is 4.90 Å². The highest BCUT2D eigenvalue weighted by atomic mass is 32.2. The topological polar surface area (TPSA) is 20.3 Å². The minimum absolute atomic E-state index is 0.323. The van der Waals surface area contributed by atoms with Crippen molar-refractivity contribution in [3.05, 3.63) is 35.4 Å². The Hall–Kier alpha value is -0.610. The number of likely N-dealkylation sites (tertiary alicyclic amines) is 1. The van der Waals surface area contributed by atoms with E-state index < -0.39 is 0 Å². The quantitative estimate of drug-likeness (QED) is 0.605. The van der Waals surface area contributed by atoms with Gasteiger partial charge >= 0.3 is 0 Å². The Bertz CT molecular complexity index is 703. The number of thioether (sulfide) groups is 2. The van der Waals surface area contributed by atoms with E-state index in [4.69, 9.17) is 0 Å². The summed E-state index contributed by atoms with van der Waals surface area (Å²) in [4.78, 5) is 15.5. The number of piperidine rings is 1. The van der Waals surface area contributed by atoms with Crippen molar-refractivity contribution in [2.75, 3.05) is 24.6 Å². The van der Waals surface area contributed by atoms with Gasteiger partial charge in [-0.2, -0.15) is 0 Å². The molecule has 0 aromatic heterocycles. The maximum atomic E-state index is 13.3. The standard InChI is InChI=1S/C25H35NOS2/c1-18-2-4-19(5-3-18)6-7-20-10-12-26(13-11-20)24(27)21-16-22-8-9-23(17-21)25(22)28-14-15-29-25/h2-5,20-23H,6-17H2,1H3. The fourth-order valence-corrected chi connectivity index (χ4v) is 10.4. The van der Waals surface area contributed by atoms with Crippen LogP contribution in [0.2, 0.25) is 0 Å². The third-order valence-corrected chi connectivity index (χ3v) is 12.1. The van der Waals surface area contributed by atoms with Crippen LogP contribution < -0.4 is 0 Å². The van der Waals surface area contributed by atoms with Gasteiger partial charge in [0.2, 0.25) is 5.91 Å². The van der Waals surface area contributed by atoms with Crippen LogP contribution in [0, 0.1) is 30.6 Å². The average molecular weight is 430 g/mol. The van der Waals surface area contributed by atoms with Crippen molar-refractivity contribution >= 4 is 29.4 Å². The zero-order valence-corrected chi connectivity index (χ0v) is 19.4. The molecule has 29 heavy (non-hydrogen) atoms. The monoisotopic (exact) mass is 429 g/mol. The number of carbonyl (C=O) groups is 1. The molecule has 4 fully saturated rings. The molecule has 2 unspecified atom stereocenters. The second-order valence-corrected chi connectivity index (χ2v) is 12.9. The van der Waals surface area contributed by atoms with E-state index in [9.17, 15) is 4.79 Å². The van der Waals surface area contributed by atoms with Gasteiger partial charge in [-0.1, -0.05) is 29.8 Å². The van der Waals surface area contributed by atoms with Crippen molar-refractivity contribution in [2.24, 2.45) is 23.7 Å². The highest BCUT2D eigenvalue weighted by molar-refractivity contribution is 8.21. The third kappa shape index (κ3) is 4.01. The zero-order chi connectivity index (χ0) is 19.8. The van der Waals surface area contributed by atoms with Crippen molar-refractivity contribution in [3.63, 3.8) is 0 Å². The van der Waals surface area contributed by atoms with Crippen molar-refractivity contribution < 1.29 is 4.79 Å². The van der Waals surface area contributed by atoms with Gasteiger partial charge in [0.15, 0.2) is 0 Å². The summed E-state index contributed by atoms with van der Waals surface area (Å²) in [6.07, 6.45) is 9.94. The number of rotatable bonds is 4. The summed E-state index contributed by atoms with van der Waals surface area (Å²) < 4.78 is 0.500. The molecule has 5 rings (SSSR count). The number of hydrogen-bond donors (Lipinski definition) is 0. The van der Waals surface area contributed by atoms with Crippen LogP contribution in [0.3, 0.4) is 0 Å².